The average molecular weight is 135 g/mol. The van der Waals surface area contributed by atoms with Crippen LogP contribution in [-0.4, -0.2) is 4.92 Å². The summed E-state index contributed by atoms with van der Waals surface area (Å²) in [6, 6.07) is 5.19. The van der Waals surface area contributed by atoms with Crippen molar-refractivity contribution < 1.29 is 4.92 Å². The van der Waals surface area contributed by atoms with Crippen LogP contribution in [0.2, 0.25) is 0 Å². The summed E-state index contributed by atoms with van der Waals surface area (Å²) in [5.41, 5.74) is 2.30. The van der Waals surface area contributed by atoms with E-state index in [1.165, 1.54) is 0 Å². The molecular weight excluding hydrogens is 130 g/mol. The second-order valence-electron chi connectivity index (χ2n) is 2.35. The summed E-state index contributed by atoms with van der Waals surface area (Å²) in [5, 5.41) is 10.3. The van der Waals surface area contributed by atoms with E-state index in [1.807, 2.05) is 6.07 Å². The molecule has 1 aromatic carbocycles. The molecule has 1 aromatic rings. The molecule has 2 rings (SSSR count). The maximum absolute atomic E-state index is 10.3. The van der Waals surface area contributed by atoms with Gasteiger partial charge < -0.3 is 0 Å². The van der Waals surface area contributed by atoms with Crippen molar-refractivity contribution in [1.29, 1.82) is 0 Å². The van der Waals surface area contributed by atoms with Gasteiger partial charge in [-0.2, -0.15) is 0 Å². The second-order valence-corrected chi connectivity index (χ2v) is 2.35. The van der Waals surface area contributed by atoms with Gasteiger partial charge in [0, 0.05) is 18.1 Å². The monoisotopic (exact) mass is 135 g/mol. The normalized spacial score (nSPS) is 12.4. The molecule has 3 heteroatoms. The fraction of sp³-hybridized carbons (Fsp3) is 0.143. The smallest absolute Gasteiger partial charge is 0.258 e. The van der Waals surface area contributed by atoms with Crippen molar-refractivity contribution in [2.75, 3.05) is 0 Å². The zero-order chi connectivity index (χ0) is 7.14. The zero-order valence-electron chi connectivity index (χ0n) is 5.20. The van der Waals surface area contributed by atoms with Gasteiger partial charge in [0.05, 0.1) is 4.92 Å². The van der Waals surface area contributed by atoms with E-state index in [9.17, 15) is 10.1 Å². The topological polar surface area (TPSA) is 43.1 Å². The van der Waals surface area contributed by atoms with Gasteiger partial charge in [-0.3, -0.25) is 10.1 Å². The molecular formula is C7H5NO2. The van der Waals surface area contributed by atoms with Gasteiger partial charge >= 0.3 is 0 Å². The highest BCUT2D eigenvalue weighted by atomic mass is 16.6. The third-order valence-corrected chi connectivity index (χ3v) is 1.69. The van der Waals surface area contributed by atoms with Crippen LogP contribution in [-0.2, 0) is 6.42 Å². The van der Waals surface area contributed by atoms with E-state index in [0.717, 1.165) is 17.5 Å². The number of benzene rings is 1. The first kappa shape index (κ1) is 5.41. The molecule has 0 bridgehead atoms. The summed E-state index contributed by atoms with van der Waals surface area (Å²) in [4.78, 5) is 9.93. The van der Waals surface area contributed by atoms with Crippen LogP contribution >= 0.6 is 0 Å². The lowest BCUT2D eigenvalue weighted by Gasteiger charge is -1.85. The van der Waals surface area contributed by atoms with Crippen LogP contribution in [0, 0.1) is 10.1 Å². The highest BCUT2D eigenvalue weighted by molar-refractivity contribution is 5.58. The first-order chi connectivity index (χ1) is 4.79. The fourth-order valence-corrected chi connectivity index (χ4v) is 1.09. The number of nitro benzene ring substituents is 1. The molecule has 0 radical (unpaired) electrons. The number of hydrogen-bond donors (Lipinski definition) is 0. The van der Waals surface area contributed by atoms with Crippen molar-refractivity contribution in [1.82, 2.24) is 0 Å². The number of fused-ring (bicyclic) bond motifs is 1. The van der Waals surface area contributed by atoms with Gasteiger partial charge in [0.2, 0.25) is 0 Å². The van der Waals surface area contributed by atoms with Crippen molar-refractivity contribution in [3.8, 4) is 0 Å². The van der Waals surface area contributed by atoms with Crippen LogP contribution in [0.5, 0.6) is 0 Å². The Bertz CT molecular complexity index is 306. The lowest BCUT2D eigenvalue weighted by Crippen LogP contribution is -1.85. The second kappa shape index (κ2) is 1.56. The Labute approximate surface area is 57.4 Å². The Kier molecular flexibility index (Phi) is 0.845. The molecule has 0 atom stereocenters. The fourth-order valence-electron chi connectivity index (χ4n) is 1.09. The highest BCUT2D eigenvalue weighted by Crippen LogP contribution is 2.35. The number of rotatable bonds is 1. The summed E-state index contributed by atoms with van der Waals surface area (Å²) < 4.78 is 0. The van der Waals surface area contributed by atoms with Crippen LogP contribution in [0.15, 0.2) is 18.2 Å². The van der Waals surface area contributed by atoms with Crippen molar-refractivity contribution in [2.24, 2.45) is 0 Å². The molecule has 0 amide bonds. The van der Waals surface area contributed by atoms with E-state index in [2.05, 4.69) is 0 Å². The van der Waals surface area contributed by atoms with Gasteiger partial charge in [-0.25, -0.2) is 0 Å². The Hall–Kier alpha value is -1.38. The third kappa shape index (κ3) is 0.603. The van der Waals surface area contributed by atoms with E-state index in [-0.39, 0.29) is 10.6 Å². The summed E-state index contributed by atoms with van der Waals surface area (Å²) in [6.07, 6.45) is 0.809. The maximum atomic E-state index is 10.3. The standard InChI is InChI=1S/C7H5NO2/c9-8(10)7-3-1-2-5-4-6(5)7/h1-3H,4H2. The molecule has 0 spiro atoms. The van der Waals surface area contributed by atoms with Crippen molar-refractivity contribution in [2.45, 2.75) is 6.42 Å². The number of nitrogens with zero attached hydrogens (tertiary/aromatic N) is 1. The van der Waals surface area contributed by atoms with Gasteiger partial charge in [0.1, 0.15) is 0 Å². The van der Waals surface area contributed by atoms with E-state index in [1.54, 1.807) is 12.1 Å². The van der Waals surface area contributed by atoms with Crippen molar-refractivity contribution in [3.05, 3.63) is 39.4 Å². The molecule has 0 heterocycles. The molecule has 1 aliphatic carbocycles. The van der Waals surface area contributed by atoms with Crippen molar-refractivity contribution >= 4 is 5.69 Å². The van der Waals surface area contributed by atoms with Crippen LogP contribution in [0.4, 0.5) is 5.69 Å². The Morgan fingerprint density at radius 3 is 2.90 bits per heavy atom. The van der Waals surface area contributed by atoms with Crippen molar-refractivity contribution in [3.63, 3.8) is 0 Å². The van der Waals surface area contributed by atoms with E-state index in [4.69, 9.17) is 0 Å². The van der Waals surface area contributed by atoms with Crippen LogP contribution in [0.25, 0.3) is 0 Å². The van der Waals surface area contributed by atoms with Crippen LogP contribution < -0.4 is 0 Å². The Morgan fingerprint density at radius 1 is 1.50 bits per heavy atom. The minimum absolute atomic E-state index is 0.275. The first-order valence-electron chi connectivity index (χ1n) is 3.04. The van der Waals surface area contributed by atoms with E-state index in [0.29, 0.717) is 0 Å². The molecule has 0 N–H and O–H groups in total. The van der Waals surface area contributed by atoms with Crippen LogP contribution in [0.1, 0.15) is 11.1 Å². The molecule has 1 aliphatic rings. The van der Waals surface area contributed by atoms with Gasteiger partial charge in [0.25, 0.3) is 5.69 Å². The predicted molar refractivity (Wildman–Crippen MR) is 35.9 cm³/mol. The first-order valence-corrected chi connectivity index (χ1v) is 3.04. The molecule has 50 valence electrons. The lowest BCUT2D eigenvalue weighted by atomic mass is 10.3. The van der Waals surface area contributed by atoms with Gasteiger partial charge in [-0.05, 0) is 5.56 Å². The minimum atomic E-state index is -0.328. The SMILES string of the molecule is O=[N+]([O-])c1cccc2c1C2. The summed E-state index contributed by atoms with van der Waals surface area (Å²) in [6.45, 7) is 0. The van der Waals surface area contributed by atoms with E-state index >= 15 is 0 Å². The van der Waals surface area contributed by atoms with Gasteiger partial charge in [-0.1, -0.05) is 12.1 Å². The Morgan fingerprint density at radius 2 is 2.30 bits per heavy atom. The number of hydrogen-bond acceptors (Lipinski definition) is 2. The lowest BCUT2D eigenvalue weighted by molar-refractivity contribution is -0.385. The number of nitro groups is 1. The highest BCUT2D eigenvalue weighted by Gasteiger charge is 2.26. The molecule has 0 aromatic heterocycles. The minimum Gasteiger partial charge on any atom is -0.258 e. The van der Waals surface area contributed by atoms with Crippen LogP contribution in [0.3, 0.4) is 0 Å². The molecule has 0 aliphatic heterocycles. The summed E-state index contributed by atoms with van der Waals surface area (Å²) in [7, 11) is 0. The predicted octanol–water partition coefficient (Wildman–Crippen LogP) is 1.50. The molecule has 0 saturated carbocycles. The van der Waals surface area contributed by atoms with E-state index < -0.39 is 0 Å². The maximum Gasteiger partial charge on any atom is 0.273 e. The molecule has 0 saturated heterocycles. The zero-order valence-corrected chi connectivity index (χ0v) is 5.20. The molecule has 3 nitrogen and oxygen atoms in total. The molecule has 0 unspecified atom stereocenters. The average Bonchev–Trinajstić information content (AvgIpc) is 2.63. The Balaban J connectivity index is 2.56. The third-order valence-electron chi connectivity index (χ3n) is 1.69. The molecule has 0 fully saturated rings. The summed E-state index contributed by atoms with van der Waals surface area (Å²) >= 11 is 0. The molecule has 10 heavy (non-hydrogen) atoms. The van der Waals surface area contributed by atoms with Gasteiger partial charge in [-0.15, -0.1) is 0 Å². The largest absolute Gasteiger partial charge is 0.273 e. The summed E-state index contributed by atoms with van der Waals surface area (Å²) in [5.74, 6) is 0. The van der Waals surface area contributed by atoms with Gasteiger partial charge in [0.15, 0.2) is 0 Å². The quantitative estimate of drug-likeness (QED) is 0.439.